The number of hydrogen-bond donors (Lipinski definition) is 1. The van der Waals surface area contributed by atoms with Gasteiger partial charge in [-0.3, -0.25) is 9.78 Å². The van der Waals surface area contributed by atoms with Crippen LogP contribution in [-0.2, 0) is 11.2 Å². The van der Waals surface area contributed by atoms with E-state index in [0.717, 1.165) is 12.0 Å². The van der Waals surface area contributed by atoms with Gasteiger partial charge in [-0.1, -0.05) is 23.4 Å². The van der Waals surface area contributed by atoms with Crippen LogP contribution in [0.4, 0.5) is 4.39 Å². The molecular weight excluding hydrogens is 397 g/mol. The standard InChI is InChI=1S/C23H24FN5O2/c24-19-5-1-4-16(8-19)20-14-29(27-26-20)21-9-17-12-28(13-18(17)10-22(21)30)23(31)7-15-3-2-6-25-11-15/h1-6,8,11,14,17-18,21-22,30H,7,9-10,12-13H2/t17-,18+,21-,22-/m1/s1. The van der Waals surface area contributed by atoms with E-state index < -0.39 is 6.10 Å². The largest absolute Gasteiger partial charge is 0.391 e. The second kappa shape index (κ2) is 8.19. The summed E-state index contributed by atoms with van der Waals surface area (Å²) in [6, 6.07) is 9.78. The zero-order valence-corrected chi connectivity index (χ0v) is 17.0. The van der Waals surface area contributed by atoms with Gasteiger partial charge < -0.3 is 10.0 Å². The molecule has 0 bridgehead atoms. The molecule has 1 aliphatic heterocycles. The fraction of sp³-hybridized carbons (Fsp3) is 0.391. The maximum atomic E-state index is 13.5. The second-order valence-corrected chi connectivity index (χ2v) is 8.56. The molecule has 2 aliphatic rings. The van der Waals surface area contributed by atoms with Crippen molar-refractivity contribution in [1.82, 2.24) is 24.9 Å². The van der Waals surface area contributed by atoms with E-state index >= 15 is 0 Å². The van der Waals surface area contributed by atoms with Crippen LogP contribution in [0.3, 0.4) is 0 Å². The summed E-state index contributed by atoms with van der Waals surface area (Å²) in [6.07, 6.45) is 6.33. The van der Waals surface area contributed by atoms with Crippen molar-refractivity contribution in [2.75, 3.05) is 13.1 Å². The summed E-state index contributed by atoms with van der Waals surface area (Å²) in [5, 5.41) is 19.2. The number of likely N-dealkylation sites (tertiary alicyclic amines) is 1. The third-order valence-electron chi connectivity index (χ3n) is 6.51. The minimum atomic E-state index is -0.559. The quantitative estimate of drug-likeness (QED) is 0.700. The normalized spacial score (nSPS) is 25.4. The first-order chi connectivity index (χ1) is 15.1. The maximum Gasteiger partial charge on any atom is 0.227 e. The number of carbonyl (C=O) groups excluding carboxylic acids is 1. The van der Waals surface area contributed by atoms with Crippen LogP contribution >= 0.6 is 0 Å². The highest BCUT2D eigenvalue weighted by atomic mass is 19.1. The van der Waals surface area contributed by atoms with Gasteiger partial charge in [0.1, 0.15) is 11.5 Å². The maximum absolute atomic E-state index is 13.5. The molecule has 160 valence electrons. The Labute approximate surface area is 179 Å². The average molecular weight is 421 g/mol. The molecule has 1 aliphatic carbocycles. The number of fused-ring (bicyclic) bond motifs is 1. The van der Waals surface area contributed by atoms with E-state index in [4.69, 9.17) is 0 Å². The molecular formula is C23H24FN5O2. The van der Waals surface area contributed by atoms with E-state index in [1.165, 1.54) is 12.1 Å². The fourth-order valence-electron chi connectivity index (χ4n) is 4.90. The lowest BCUT2D eigenvalue weighted by Crippen LogP contribution is -2.36. The Morgan fingerprint density at radius 2 is 2.00 bits per heavy atom. The number of rotatable bonds is 4. The van der Waals surface area contributed by atoms with Crippen molar-refractivity contribution in [2.45, 2.75) is 31.4 Å². The van der Waals surface area contributed by atoms with Crippen molar-refractivity contribution in [1.29, 1.82) is 0 Å². The summed E-state index contributed by atoms with van der Waals surface area (Å²) in [6.45, 7) is 1.37. The van der Waals surface area contributed by atoms with Crippen molar-refractivity contribution in [2.24, 2.45) is 11.8 Å². The van der Waals surface area contributed by atoms with Crippen LogP contribution in [0.2, 0.25) is 0 Å². The van der Waals surface area contributed by atoms with Crippen molar-refractivity contribution in [3.63, 3.8) is 0 Å². The number of halogens is 1. The second-order valence-electron chi connectivity index (χ2n) is 8.56. The van der Waals surface area contributed by atoms with Crippen LogP contribution in [0, 0.1) is 17.7 Å². The molecule has 0 unspecified atom stereocenters. The van der Waals surface area contributed by atoms with Gasteiger partial charge in [-0.05, 0) is 48.4 Å². The van der Waals surface area contributed by atoms with Gasteiger partial charge in [-0.2, -0.15) is 0 Å². The first kappa shape index (κ1) is 19.8. The molecule has 1 aromatic carbocycles. The lowest BCUT2D eigenvalue weighted by Gasteiger charge is -2.34. The Bertz CT molecular complexity index is 1070. The van der Waals surface area contributed by atoms with Gasteiger partial charge in [0.05, 0.1) is 24.8 Å². The van der Waals surface area contributed by atoms with E-state index in [0.29, 0.717) is 43.1 Å². The first-order valence-corrected chi connectivity index (χ1v) is 10.6. The summed E-state index contributed by atoms with van der Waals surface area (Å²) >= 11 is 0. The van der Waals surface area contributed by atoms with E-state index in [1.807, 2.05) is 17.0 Å². The van der Waals surface area contributed by atoms with Gasteiger partial charge in [-0.25, -0.2) is 9.07 Å². The van der Waals surface area contributed by atoms with E-state index in [2.05, 4.69) is 15.3 Å². The zero-order valence-electron chi connectivity index (χ0n) is 17.0. The van der Waals surface area contributed by atoms with Gasteiger partial charge in [-0.15, -0.1) is 5.10 Å². The number of pyridine rings is 1. The molecule has 2 fully saturated rings. The molecule has 1 N–H and O–H groups in total. The molecule has 2 aromatic heterocycles. The topological polar surface area (TPSA) is 84.1 Å². The number of amides is 1. The molecule has 3 heterocycles. The van der Waals surface area contributed by atoms with Crippen molar-refractivity contribution in [3.8, 4) is 11.3 Å². The Balaban J connectivity index is 1.27. The van der Waals surface area contributed by atoms with Gasteiger partial charge in [0.15, 0.2) is 0 Å². The summed E-state index contributed by atoms with van der Waals surface area (Å²) in [4.78, 5) is 18.7. The molecule has 1 saturated heterocycles. The minimum Gasteiger partial charge on any atom is -0.391 e. The predicted molar refractivity (Wildman–Crippen MR) is 111 cm³/mol. The number of hydrogen-bond acceptors (Lipinski definition) is 5. The number of aliphatic hydroxyl groups excluding tert-OH is 1. The lowest BCUT2D eigenvalue weighted by molar-refractivity contribution is -0.129. The van der Waals surface area contributed by atoms with E-state index in [9.17, 15) is 14.3 Å². The number of carbonyl (C=O) groups is 1. The van der Waals surface area contributed by atoms with Gasteiger partial charge in [0.25, 0.3) is 0 Å². The van der Waals surface area contributed by atoms with E-state index in [1.54, 1.807) is 35.4 Å². The van der Waals surface area contributed by atoms with Crippen molar-refractivity contribution < 1.29 is 14.3 Å². The highest BCUT2D eigenvalue weighted by Crippen LogP contribution is 2.41. The molecule has 1 saturated carbocycles. The molecule has 5 rings (SSSR count). The lowest BCUT2D eigenvalue weighted by atomic mass is 9.77. The summed E-state index contributed by atoms with van der Waals surface area (Å²) in [5.41, 5.74) is 2.14. The zero-order chi connectivity index (χ0) is 21.4. The Morgan fingerprint density at radius 1 is 1.16 bits per heavy atom. The Hall–Kier alpha value is -3.13. The number of aromatic nitrogens is 4. The summed E-state index contributed by atoms with van der Waals surface area (Å²) in [7, 11) is 0. The van der Waals surface area contributed by atoms with Crippen LogP contribution in [0.15, 0.2) is 55.0 Å². The minimum absolute atomic E-state index is 0.0996. The smallest absolute Gasteiger partial charge is 0.227 e. The number of benzene rings is 1. The van der Waals surface area contributed by atoms with Crippen molar-refractivity contribution in [3.05, 3.63) is 66.4 Å². The molecule has 7 nitrogen and oxygen atoms in total. The highest BCUT2D eigenvalue weighted by molar-refractivity contribution is 5.79. The average Bonchev–Trinajstić information content (AvgIpc) is 3.41. The molecule has 0 spiro atoms. The van der Waals surface area contributed by atoms with Crippen molar-refractivity contribution >= 4 is 5.91 Å². The Morgan fingerprint density at radius 3 is 2.77 bits per heavy atom. The third-order valence-corrected chi connectivity index (χ3v) is 6.51. The van der Waals surface area contributed by atoms with Gasteiger partial charge in [0.2, 0.25) is 5.91 Å². The van der Waals surface area contributed by atoms with Crippen LogP contribution < -0.4 is 0 Å². The molecule has 4 atom stereocenters. The van der Waals surface area contributed by atoms with Crippen LogP contribution in [0.5, 0.6) is 0 Å². The predicted octanol–water partition coefficient (Wildman–Crippen LogP) is 2.49. The molecule has 1 amide bonds. The highest BCUT2D eigenvalue weighted by Gasteiger charge is 2.43. The van der Waals surface area contributed by atoms with Gasteiger partial charge >= 0.3 is 0 Å². The third kappa shape index (κ3) is 4.07. The SMILES string of the molecule is O=C(Cc1cccnc1)N1C[C@H]2C[C@@H](n3cc(-c4cccc(F)c4)nn3)[C@H](O)C[C@H]2C1. The fourth-order valence-corrected chi connectivity index (χ4v) is 4.90. The summed E-state index contributed by atoms with van der Waals surface area (Å²) in [5.74, 6) is 0.376. The number of aliphatic hydroxyl groups is 1. The molecule has 8 heteroatoms. The van der Waals surface area contributed by atoms with Gasteiger partial charge in [0, 0.05) is 31.0 Å². The summed E-state index contributed by atoms with van der Waals surface area (Å²) < 4.78 is 15.2. The van der Waals surface area contributed by atoms with Crippen LogP contribution in [-0.4, -0.2) is 55.1 Å². The van der Waals surface area contributed by atoms with Crippen LogP contribution in [0.1, 0.15) is 24.4 Å². The Kier molecular flexibility index (Phi) is 5.23. The monoisotopic (exact) mass is 421 g/mol. The molecule has 31 heavy (non-hydrogen) atoms. The molecule has 0 radical (unpaired) electrons. The first-order valence-electron chi connectivity index (χ1n) is 10.6. The molecule has 3 aromatic rings. The number of nitrogens with zero attached hydrogens (tertiary/aromatic N) is 5. The van der Waals surface area contributed by atoms with E-state index in [-0.39, 0.29) is 23.7 Å². The van der Waals surface area contributed by atoms with Crippen LogP contribution in [0.25, 0.3) is 11.3 Å².